The van der Waals surface area contributed by atoms with Crippen LogP contribution in [-0.2, 0) is 4.79 Å². The summed E-state index contributed by atoms with van der Waals surface area (Å²) in [6, 6.07) is 0. The molecule has 0 aromatic heterocycles. The van der Waals surface area contributed by atoms with E-state index in [4.69, 9.17) is 0 Å². The van der Waals surface area contributed by atoms with Crippen molar-refractivity contribution in [2.75, 3.05) is 0 Å². The highest BCUT2D eigenvalue weighted by Crippen LogP contribution is 2.00. The Labute approximate surface area is 74.5 Å². The summed E-state index contributed by atoms with van der Waals surface area (Å²) in [5.74, 6) is 0. The number of allylic oxidation sites excluding steroid dienone is 5. The van der Waals surface area contributed by atoms with E-state index in [1.807, 2.05) is 19.1 Å². The normalized spacial score (nSPS) is 11.9. The van der Waals surface area contributed by atoms with Gasteiger partial charge in [0.2, 0.25) is 0 Å². The molecule has 0 radical (unpaired) electrons. The van der Waals surface area contributed by atoms with Gasteiger partial charge in [-0.1, -0.05) is 30.9 Å². The van der Waals surface area contributed by atoms with Crippen LogP contribution in [0.25, 0.3) is 0 Å². The Balaban J connectivity index is 3.38. The second-order valence-electron chi connectivity index (χ2n) is 2.66. The van der Waals surface area contributed by atoms with Crippen LogP contribution in [0.2, 0.25) is 0 Å². The third-order valence-corrected chi connectivity index (χ3v) is 1.50. The molecule has 0 saturated heterocycles. The molecule has 0 aliphatic heterocycles. The number of carbonyl (C=O) groups excluding carboxylic acids is 1. The van der Waals surface area contributed by atoms with Crippen molar-refractivity contribution in [3.63, 3.8) is 0 Å². The molecule has 0 unspecified atom stereocenters. The first-order valence-corrected chi connectivity index (χ1v) is 4.20. The highest BCUT2D eigenvalue weighted by Gasteiger charge is 1.84. The lowest BCUT2D eigenvalue weighted by atomic mass is 10.2. The van der Waals surface area contributed by atoms with E-state index < -0.39 is 0 Å². The van der Waals surface area contributed by atoms with Crippen LogP contribution in [-0.4, -0.2) is 6.29 Å². The Morgan fingerprint density at radius 2 is 2.17 bits per heavy atom. The first-order chi connectivity index (χ1) is 5.81. The number of rotatable bonds is 6. The lowest BCUT2D eigenvalue weighted by Crippen LogP contribution is -1.76. The summed E-state index contributed by atoms with van der Waals surface area (Å²) in [6.45, 7) is 5.40. The summed E-state index contributed by atoms with van der Waals surface area (Å²) >= 11 is 0. The largest absolute Gasteiger partial charge is 0.298 e. The molecule has 0 rings (SSSR count). The van der Waals surface area contributed by atoms with Crippen molar-refractivity contribution in [1.29, 1.82) is 0 Å². The second kappa shape index (κ2) is 7.99. The topological polar surface area (TPSA) is 17.1 Å². The molecular formula is C11H16O. The summed E-state index contributed by atoms with van der Waals surface area (Å²) in [5, 5.41) is 0. The van der Waals surface area contributed by atoms with Crippen LogP contribution in [0.5, 0.6) is 0 Å². The molecular weight excluding hydrogens is 148 g/mol. The van der Waals surface area contributed by atoms with Crippen LogP contribution < -0.4 is 0 Å². The van der Waals surface area contributed by atoms with Crippen LogP contribution in [0.3, 0.4) is 0 Å². The molecule has 0 heterocycles. The summed E-state index contributed by atoms with van der Waals surface area (Å²) in [4.78, 5) is 10.2. The van der Waals surface area contributed by atoms with Gasteiger partial charge in [-0.05, 0) is 31.8 Å². The van der Waals surface area contributed by atoms with E-state index in [2.05, 4.69) is 12.7 Å². The number of unbranched alkanes of at least 4 members (excludes halogenated alkanes) is 2. The maximum atomic E-state index is 10.2. The molecule has 1 heteroatoms. The molecule has 12 heavy (non-hydrogen) atoms. The smallest absolute Gasteiger partial charge is 0.145 e. The average Bonchev–Trinajstić information content (AvgIpc) is 2.10. The van der Waals surface area contributed by atoms with Crippen molar-refractivity contribution in [1.82, 2.24) is 0 Å². The molecule has 0 spiro atoms. The van der Waals surface area contributed by atoms with E-state index >= 15 is 0 Å². The first-order valence-electron chi connectivity index (χ1n) is 4.20. The van der Waals surface area contributed by atoms with E-state index in [0.717, 1.165) is 31.1 Å². The van der Waals surface area contributed by atoms with Gasteiger partial charge in [-0.25, -0.2) is 0 Å². The maximum absolute atomic E-state index is 10.2. The fourth-order valence-electron chi connectivity index (χ4n) is 0.806. The van der Waals surface area contributed by atoms with E-state index in [1.165, 1.54) is 0 Å². The van der Waals surface area contributed by atoms with Crippen molar-refractivity contribution < 1.29 is 4.79 Å². The molecule has 0 aromatic rings. The Kier molecular flexibility index (Phi) is 7.25. The number of hydrogen-bond donors (Lipinski definition) is 0. The Morgan fingerprint density at radius 1 is 1.42 bits per heavy atom. The number of carbonyl (C=O) groups is 1. The van der Waals surface area contributed by atoms with E-state index in [-0.39, 0.29) is 0 Å². The quantitative estimate of drug-likeness (QED) is 0.255. The fraction of sp³-hybridized carbons (Fsp3) is 0.364. The van der Waals surface area contributed by atoms with Crippen molar-refractivity contribution >= 4 is 6.29 Å². The van der Waals surface area contributed by atoms with E-state index in [1.54, 1.807) is 6.08 Å². The fourth-order valence-corrected chi connectivity index (χ4v) is 0.806. The highest BCUT2D eigenvalue weighted by molar-refractivity contribution is 5.71. The third kappa shape index (κ3) is 7.00. The Bertz CT molecular complexity index is 187. The van der Waals surface area contributed by atoms with Gasteiger partial charge in [0.05, 0.1) is 0 Å². The van der Waals surface area contributed by atoms with E-state index in [0.29, 0.717) is 0 Å². The second-order valence-corrected chi connectivity index (χ2v) is 2.66. The van der Waals surface area contributed by atoms with Gasteiger partial charge in [0, 0.05) is 0 Å². The summed E-state index contributed by atoms with van der Waals surface area (Å²) in [5.41, 5.74) is 0.822. The van der Waals surface area contributed by atoms with Gasteiger partial charge in [0.1, 0.15) is 6.29 Å². The van der Waals surface area contributed by atoms with Gasteiger partial charge >= 0.3 is 0 Å². The standard InChI is InChI=1S/C11H16O/c1-3-4-5-6-7-8-9-11(2)10-12/h3-5,9-10H,1,6-8H2,2H3/b5-4+,11-9+. The van der Waals surface area contributed by atoms with Gasteiger partial charge in [-0.2, -0.15) is 0 Å². The van der Waals surface area contributed by atoms with Crippen LogP contribution in [0, 0.1) is 0 Å². The molecule has 0 atom stereocenters. The van der Waals surface area contributed by atoms with Gasteiger partial charge in [-0.15, -0.1) is 0 Å². The predicted molar refractivity (Wildman–Crippen MR) is 53.0 cm³/mol. The number of hydrogen-bond acceptors (Lipinski definition) is 1. The highest BCUT2D eigenvalue weighted by atomic mass is 16.1. The maximum Gasteiger partial charge on any atom is 0.145 e. The minimum absolute atomic E-state index is 0.822. The third-order valence-electron chi connectivity index (χ3n) is 1.50. The van der Waals surface area contributed by atoms with Crippen molar-refractivity contribution in [2.24, 2.45) is 0 Å². The molecule has 0 aliphatic rings. The van der Waals surface area contributed by atoms with Crippen LogP contribution in [0.15, 0.2) is 36.5 Å². The molecule has 0 fully saturated rings. The molecule has 0 aromatic carbocycles. The molecule has 66 valence electrons. The molecule has 0 N–H and O–H groups in total. The minimum Gasteiger partial charge on any atom is -0.298 e. The molecule has 0 saturated carbocycles. The Morgan fingerprint density at radius 3 is 2.75 bits per heavy atom. The zero-order chi connectivity index (χ0) is 9.23. The lowest BCUT2D eigenvalue weighted by Gasteiger charge is -1.90. The van der Waals surface area contributed by atoms with Crippen molar-refractivity contribution in [3.8, 4) is 0 Å². The van der Waals surface area contributed by atoms with Gasteiger partial charge < -0.3 is 0 Å². The molecule has 0 bridgehead atoms. The van der Waals surface area contributed by atoms with Crippen LogP contribution in [0.4, 0.5) is 0 Å². The van der Waals surface area contributed by atoms with Gasteiger partial charge in [0.15, 0.2) is 0 Å². The minimum atomic E-state index is 0.822. The van der Waals surface area contributed by atoms with Crippen molar-refractivity contribution in [3.05, 3.63) is 36.5 Å². The van der Waals surface area contributed by atoms with E-state index in [9.17, 15) is 4.79 Å². The summed E-state index contributed by atoms with van der Waals surface area (Å²) in [6.07, 6.45) is 11.8. The zero-order valence-corrected chi connectivity index (χ0v) is 7.62. The molecule has 0 aliphatic carbocycles. The van der Waals surface area contributed by atoms with Gasteiger partial charge in [-0.3, -0.25) is 4.79 Å². The van der Waals surface area contributed by atoms with Crippen LogP contribution in [0.1, 0.15) is 26.2 Å². The van der Waals surface area contributed by atoms with Gasteiger partial charge in [0.25, 0.3) is 0 Å². The SMILES string of the molecule is C=C/C=C/CCC/C=C(\C)C=O. The summed E-state index contributed by atoms with van der Waals surface area (Å²) < 4.78 is 0. The lowest BCUT2D eigenvalue weighted by molar-refractivity contribution is -0.104. The Hall–Kier alpha value is -1.11. The summed E-state index contributed by atoms with van der Waals surface area (Å²) in [7, 11) is 0. The zero-order valence-electron chi connectivity index (χ0n) is 7.62. The van der Waals surface area contributed by atoms with Crippen molar-refractivity contribution in [2.45, 2.75) is 26.2 Å². The number of aldehydes is 1. The average molecular weight is 164 g/mol. The van der Waals surface area contributed by atoms with Crippen LogP contribution >= 0.6 is 0 Å². The molecule has 0 amide bonds. The first kappa shape index (κ1) is 10.9. The molecule has 1 nitrogen and oxygen atoms in total. The predicted octanol–water partition coefficient (Wildman–Crippen LogP) is 3.04. The monoisotopic (exact) mass is 164 g/mol.